The number of hydrogen-bond donors (Lipinski definition) is 2. The molecule has 12 heteroatoms. The number of halogens is 6. The van der Waals surface area contributed by atoms with Crippen LogP contribution < -0.4 is 0 Å². The average Bonchev–Trinajstić information content (AvgIpc) is 3.48. The summed E-state index contributed by atoms with van der Waals surface area (Å²) in [5.41, 5.74) is 1.49. The summed E-state index contributed by atoms with van der Waals surface area (Å²) in [7, 11) is 2.31. The Bertz CT molecular complexity index is 773. The minimum Gasteiger partial charge on any atom is -0.475 e. The van der Waals surface area contributed by atoms with Crippen molar-refractivity contribution in [2.45, 2.75) is 70.0 Å². The number of likely N-dealkylation sites (N-methyl/N-ethyl adjacent to an activating group) is 1. The number of carbonyl (C=O) groups is 2. The molecule has 2 fully saturated rings. The monoisotopic (exact) mass is 514 g/mol. The van der Waals surface area contributed by atoms with E-state index >= 15 is 0 Å². The van der Waals surface area contributed by atoms with Gasteiger partial charge in [-0.3, -0.25) is 9.80 Å². The molecule has 35 heavy (non-hydrogen) atoms. The van der Waals surface area contributed by atoms with Crippen LogP contribution in [0.4, 0.5) is 26.3 Å². The van der Waals surface area contributed by atoms with Gasteiger partial charge in [0.2, 0.25) is 0 Å². The van der Waals surface area contributed by atoms with Gasteiger partial charge in [0, 0.05) is 31.2 Å². The Hall–Kier alpha value is -2.34. The van der Waals surface area contributed by atoms with Gasteiger partial charge in [0.1, 0.15) is 0 Å². The van der Waals surface area contributed by atoms with Gasteiger partial charge in [-0.15, -0.1) is 0 Å². The third-order valence-corrected chi connectivity index (χ3v) is 5.93. The predicted molar refractivity (Wildman–Crippen MR) is 117 cm³/mol. The molecule has 1 saturated heterocycles. The number of carboxylic acid groups (broad SMARTS) is 2. The van der Waals surface area contributed by atoms with Crippen LogP contribution in [-0.2, 0) is 16.0 Å². The first-order valence-electron chi connectivity index (χ1n) is 11.1. The fraction of sp³-hybridized carbons (Fsp3) is 0.652. The maximum Gasteiger partial charge on any atom is 0.490 e. The summed E-state index contributed by atoms with van der Waals surface area (Å²) in [4.78, 5) is 23.2. The molecule has 2 N–H and O–H groups in total. The molecule has 1 saturated carbocycles. The maximum atomic E-state index is 10.6. The lowest BCUT2D eigenvalue weighted by molar-refractivity contribution is -0.193. The quantitative estimate of drug-likeness (QED) is 0.537. The summed E-state index contributed by atoms with van der Waals surface area (Å²) in [6, 6.07) is 13.1. The Kier molecular flexibility index (Phi) is 11.5. The predicted octanol–water partition coefficient (Wildman–Crippen LogP) is 4.69. The van der Waals surface area contributed by atoms with Crippen LogP contribution in [0.2, 0.25) is 0 Å². The van der Waals surface area contributed by atoms with Crippen LogP contribution in [0.3, 0.4) is 0 Å². The molecule has 6 nitrogen and oxygen atoms in total. The number of nitrogens with zero attached hydrogens (tertiary/aromatic N) is 2. The highest BCUT2D eigenvalue weighted by Gasteiger charge is 2.40. The van der Waals surface area contributed by atoms with E-state index in [4.69, 9.17) is 19.8 Å². The molecular formula is C23H32F6N2O4. The third kappa shape index (κ3) is 11.3. The first kappa shape index (κ1) is 30.7. The van der Waals surface area contributed by atoms with Crippen LogP contribution in [0.15, 0.2) is 30.3 Å². The first-order chi connectivity index (χ1) is 16.0. The van der Waals surface area contributed by atoms with Crippen LogP contribution in [0.5, 0.6) is 0 Å². The largest absolute Gasteiger partial charge is 0.490 e. The minimum absolute atomic E-state index is 0.633. The van der Waals surface area contributed by atoms with E-state index in [1.807, 2.05) is 0 Å². The first-order valence-corrected chi connectivity index (χ1v) is 11.1. The third-order valence-electron chi connectivity index (χ3n) is 5.93. The van der Waals surface area contributed by atoms with Crippen molar-refractivity contribution in [3.63, 3.8) is 0 Å². The molecule has 1 aromatic rings. The lowest BCUT2D eigenvalue weighted by Crippen LogP contribution is -2.47. The zero-order chi connectivity index (χ0) is 27.0. The van der Waals surface area contributed by atoms with Gasteiger partial charge in [0.25, 0.3) is 0 Å². The Morgan fingerprint density at radius 2 is 1.43 bits per heavy atom. The van der Waals surface area contributed by atoms with E-state index in [9.17, 15) is 26.3 Å². The molecule has 0 radical (unpaired) electrons. The second kappa shape index (κ2) is 13.1. The molecule has 2 atom stereocenters. The van der Waals surface area contributed by atoms with Crippen LogP contribution in [0, 0.1) is 5.92 Å². The number of rotatable bonds is 6. The summed E-state index contributed by atoms with van der Waals surface area (Å²) in [6.07, 6.45) is -4.72. The lowest BCUT2D eigenvalue weighted by Gasteiger charge is -2.35. The number of carboxylic acids is 2. The number of likely N-dealkylation sites (tertiary alicyclic amines) is 1. The zero-order valence-corrected chi connectivity index (χ0v) is 19.8. The normalized spacial score (nSPS) is 20.7. The highest BCUT2D eigenvalue weighted by atomic mass is 19.4. The van der Waals surface area contributed by atoms with E-state index in [2.05, 4.69) is 61.0 Å². The molecule has 0 aromatic heterocycles. The van der Waals surface area contributed by atoms with Crippen LogP contribution >= 0.6 is 0 Å². The second-order valence-corrected chi connectivity index (χ2v) is 8.92. The summed E-state index contributed by atoms with van der Waals surface area (Å²) < 4.78 is 63.5. The van der Waals surface area contributed by atoms with Gasteiger partial charge in [-0.1, -0.05) is 30.3 Å². The standard InChI is InChI=1S/C19H30N2.2C2HF3O2/c1-15(2)20(3)18-11-12-21(14-17-9-10-17)19(18)13-16-7-5-4-6-8-16;2*3-2(4,5)1(6)7/h4-8,15,17-19H,9-14H2,1-3H3;2*(H,6,7)/t18-,19+;;/m1../s1. The lowest BCUT2D eigenvalue weighted by atomic mass is 9.98. The summed E-state index contributed by atoms with van der Waals surface area (Å²) in [5, 5.41) is 14.2. The van der Waals surface area contributed by atoms with Gasteiger partial charge in [-0.25, -0.2) is 9.59 Å². The number of aliphatic carboxylic acids is 2. The Morgan fingerprint density at radius 3 is 1.80 bits per heavy atom. The molecule has 3 rings (SSSR count). The average molecular weight is 515 g/mol. The highest BCUT2D eigenvalue weighted by molar-refractivity contribution is 5.73. The molecule has 1 aliphatic carbocycles. The summed E-state index contributed by atoms with van der Waals surface area (Å²) >= 11 is 0. The van der Waals surface area contributed by atoms with Crippen LogP contribution in [-0.4, -0.2) is 82.6 Å². The van der Waals surface area contributed by atoms with Crippen LogP contribution in [0.1, 0.15) is 38.7 Å². The molecule has 0 spiro atoms. The van der Waals surface area contributed by atoms with Crippen molar-refractivity contribution in [3.05, 3.63) is 35.9 Å². The topological polar surface area (TPSA) is 81.1 Å². The van der Waals surface area contributed by atoms with E-state index in [1.54, 1.807) is 0 Å². The molecule has 2 aliphatic rings. The molecular weight excluding hydrogens is 482 g/mol. The van der Waals surface area contributed by atoms with Crippen molar-refractivity contribution in [3.8, 4) is 0 Å². The second-order valence-electron chi connectivity index (χ2n) is 8.92. The van der Waals surface area contributed by atoms with E-state index in [0.29, 0.717) is 18.1 Å². The number of hydrogen-bond acceptors (Lipinski definition) is 4. The van der Waals surface area contributed by atoms with Crippen molar-refractivity contribution in [2.24, 2.45) is 5.92 Å². The Morgan fingerprint density at radius 1 is 0.971 bits per heavy atom. The van der Waals surface area contributed by atoms with Crippen molar-refractivity contribution < 1.29 is 46.1 Å². The molecule has 0 amide bonds. The minimum atomic E-state index is -5.08. The van der Waals surface area contributed by atoms with Gasteiger partial charge in [0.05, 0.1) is 0 Å². The summed E-state index contributed by atoms with van der Waals surface area (Å²) in [6.45, 7) is 7.27. The van der Waals surface area contributed by atoms with Crippen molar-refractivity contribution in [1.82, 2.24) is 9.80 Å². The van der Waals surface area contributed by atoms with Crippen molar-refractivity contribution in [1.29, 1.82) is 0 Å². The molecule has 0 bridgehead atoms. The van der Waals surface area contributed by atoms with Gasteiger partial charge < -0.3 is 10.2 Å². The molecule has 1 aliphatic heterocycles. The van der Waals surface area contributed by atoms with Gasteiger partial charge in [-0.05, 0) is 58.1 Å². The van der Waals surface area contributed by atoms with E-state index < -0.39 is 24.3 Å². The fourth-order valence-corrected chi connectivity index (χ4v) is 3.74. The maximum absolute atomic E-state index is 10.6. The van der Waals surface area contributed by atoms with E-state index in [1.165, 1.54) is 44.3 Å². The molecule has 1 aromatic carbocycles. The van der Waals surface area contributed by atoms with E-state index in [-0.39, 0.29) is 0 Å². The smallest absolute Gasteiger partial charge is 0.475 e. The summed E-state index contributed by atoms with van der Waals surface area (Å²) in [5.74, 6) is -4.52. The molecule has 200 valence electrons. The highest BCUT2D eigenvalue weighted by Crippen LogP contribution is 2.34. The van der Waals surface area contributed by atoms with Gasteiger partial charge in [-0.2, -0.15) is 26.3 Å². The van der Waals surface area contributed by atoms with Crippen molar-refractivity contribution in [2.75, 3.05) is 20.1 Å². The number of benzene rings is 1. The number of alkyl halides is 6. The van der Waals surface area contributed by atoms with Gasteiger partial charge in [0.15, 0.2) is 0 Å². The molecule has 0 unspecified atom stereocenters. The van der Waals surface area contributed by atoms with E-state index in [0.717, 1.165) is 5.92 Å². The SMILES string of the molecule is CC(C)N(C)[C@@H]1CCN(CC2CC2)[C@H]1Cc1ccccc1.O=C(O)C(F)(F)F.O=C(O)C(F)(F)F. The fourth-order valence-electron chi connectivity index (χ4n) is 3.74. The Labute approximate surface area is 200 Å². The van der Waals surface area contributed by atoms with Gasteiger partial charge >= 0.3 is 24.3 Å². The zero-order valence-electron chi connectivity index (χ0n) is 19.8. The Balaban J connectivity index is 0.000000362. The molecule has 1 heterocycles. The van der Waals surface area contributed by atoms with Crippen LogP contribution in [0.25, 0.3) is 0 Å². The van der Waals surface area contributed by atoms with Crippen molar-refractivity contribution >= 4 is 11.9 Å².